The van der Waals surface area contributed by atoms with Gasteiger partial charge in [-0.05, 0) is 12.1 Å². The van der Waals surface area contributed by atoms with Gasteiger partial charge in [-0.1, -0.05) is 0 Å². The summed E-state index contributed by atoms with van der Waals surface area (Å²) in [5.74, 6) is -1.47. The Hall–Kier alpha value is -1.62. The molecule has 1 aromatic carbocycles. The van der Waals surface area contributed by atoms with E-state index in [0.717, 1.165) is 6.07 Å². The number of benzene rings is 1. The van der Waals surface area contributed by atoms with Gasteiger partial charge in [-0.15, -0.1) is 0 Å². The van der Waals surface area contributed by atoms with Gasteiger partial charge in [0.2, 0.25) is 5.91 Å². The van der Waals surface area contributed by atoms with Crippen LogP contribution in [0, 0.1) is 5.82 Å². The maximum Gasteiger partial charge on any atom is 0.226 e. The Morgan fingerprint density at radius 1 is 1.60 bits per heavy atom. The largest absolute Gasteiger partial charge is 0.505 e. The highest BCUT2D eigenvalue weighted by Gasteiger charge is 2.05. The number of phenolic OH excluding ortho intramolecular Hbond substituents is 1. The van der Waals surface area contributed by atoms with Crippen LogP contribution in [-0.2, 0) is 9.53 Å². The summed E-state index contributed by atoms with van der Waals surface area (Å²) in [4.78, 5) is 11.2. The standard InChI is InChI=1S/C10H12FNO3/c1-15-5-4-10(14)12-7-2-3-9(13)8(11)6-7/h2-3,6,13H,4-5H2,1H3,(H,12,14). The number of carbonyl (C=O) groups is 1. The average Bonchev–Trinajstić information content (AvgIpc) is 2.20. The van der Waals surface area contributed by atoms with Crippen LogP contribution in [0.4, 0.5) is 10.1 Å². The second-order valence-corrected chi connectivity index (χ2v) is 2.96. The number of amides is 1. The third-order valence-corrected chi connectivity index (χ3v) is 1.76. The molecule has 1 aromatic rings. The molecule has 0 aliphatic rings. The van der Waals surface area contributed by atoms with Crippen molar-refractivity contribution in [1.29, 1.82) is 0 Å². The number of rotatable bonds is 4. The number of hydrogen-bond acceptors (Lipinski definition) is 3. The zero-order valence-electron chi connectivity index (χ0n) is 8.29. The summed E-state index contributed by atoms with van der Waals surface area (Å²) in [6, 6.07) is 3.66. The molecule has 0 unspecified atom stereocenters. The molecule has 0 spiro atoms. The van der Waals surface area contributed by atoms with Crippen molar-refractivity contribution >= 4 is 11.6 Å². The number of hydrogen-bond donors (Lipinski definition) is 2. The van der Waals surface area contributed by atoms with Crippen molar-refractivity contribution in [2.24, 2.45) is 0 Å². The van der Waals surface area contributed by atoms with E-state index in [0.29, 0.717) is 12.3 Å². The van der Waals surface area contributed by atoms with Crippen LogP contribution in [0.3, 0.4) is 0 Å². The minimum atomic E-state index is -0.764. The van der Waals surface area contributed by atoms with Crippen LogP contribution < -0.4 is 5.32 Å². The molecule has 0 atom stereocenters. The second kappa shape index (κ2) is 5.31. The number of ether oxygens (including phenoxy) is 1. The molecule has 0 aromatic heterocycles. The zero-order valence-corrected chi connectivity index (χ0v) is 8.29. The van der Waals surface area contributed by atoms with Crippen molar-refractivity contribution in [3.63, 3.8) is 0 Å². The Kier molecular flexibility index (Phi) is 4.05. The Labute approximate surface area is 86.7 Å². The predicted molar refractivity (Wildman–Crippen MR) is 53.2 cm³/mol. The van der Waals surface area contributed by atoms with Crippen molar-refractivity contribution in [2.45, 2.75) is 6.42 Å². The molecule has 0 heterocycles. The third-order valence-electron chi connectivity index (χ3n) is 1.76. The number of nitrogens with one attached hydrogen (secondary N) is 1. The summed E-state index contributed by atoms with van der Waals surface area (Å²) in [6.07, 6.45) is 0.207. The lowest BCUT2D eigenvalue weighted by Crippen LogP contribution is -2.13. The van der Waals surface area contributed by atoms with Gasteiger partial charge < -0.3 is 15.2 Å². The van der Waals surface area contributed by atoms with E-state index in [-0.39, 0.29) is 12.3 Å². The summed E-state index contributed by atoms with van der Waals surface area (Å²) < 4.78 is 17.6. The minimum absolute atomic E-state index is 0.207. The van der Waals surface area contributed by atoms with Crippen LogP contribution >= 0.6 is 0 Å². The molecule has 0 saturated heterocycles. The van der Waals surface area contributed by atoms with Crippen molar-refractivity contribution < 1.29 is 19.0 Å². The summed E-state index contributed by atoms with van der Waals surface area (Å²) in [5.41, 5.74) is 0.311. The Morgan fingerprint density at radius 3 is 2.93 bits per heavy atom. The molecular formula is C10H12FNO3. The first-order chi connectivity index (χ1) is 7.13. The quantitative estimate of drug-likeness (QED) is 0.745. The lowest BCUT2D eigenvalue weighted by Gasteiger charge is -2.05. The molecule has 1 rings (SSSR count). The van der Waals surface area contributed by atoms with Gasteiger partial charge >= 0.3 is 0 Å². The summed E-state index contributed by atoms with van der Waals surface area (Å²) in [6.45, 7) is 0.312. The zero-order chi connectivity index (χ0) is 11.3. The van der Waals surface area contributed by atoms with Gasteiger partial charge in [0.15, 0.2) is 11.6 Å². The van der Waals surface area contributed by atoms with Gasteiger partial charge in [-0.25, -0.2) is 4.39 Å². The number of anilines is 1. The molecule has 0 fully saturated rings. The van der Waals surface area contributed by atoms with Crippen LogP contribution in [0.2, 0.25) is 0 Å². The van der Waals surface area contributed by atoms with E-state index in [1.165, 1.54) is 19.2 Å². The number of halogens is 1. The maximum atomic E-state index is 12.9. The van der Waals surface area contributed by atoms with Crippen LogP contribution in [0.15, 0.2) is 18.2 Å². The van der Waals surface area contributed by atoms with E-state index in [9.17, 15) is 9.18 Å². The van der Waals surface area contributed by atoms with E-state index < -0.39 is 11.6 Å². The molecular weight excluding hydrogens is 201 g/mol. The fourth-order valence-corrected chi connectivity index (χ4v) is 1.00. The molecule has 5 heteroatoms. The molecule has 0 saturated carbocycles. The number of phenols is 1. The molecule has 4 nitrogen and oxygen atoms in total. The van der Waals surface area contributed by atoms with Crippen LogP contribution in [0.1, 0.15) is 6.42 Å². The number of aromatic hydroxyl groups is 1. The highest BCUT2D eigenvalue weighted by Crippen LogP contribution is 2.19. The highest BCUT2D eigenvalue weighted by atomic mass is 19.1. The Bertz CT molecular complexity index is 355. The lowest BCUT2D eigenvalue weighted by molar-refractivity contribution is -0.117. The highest BCUT2D eigenvalue weighted by molar-refractivity contribution is 5.90. The molecule has 0 radical (unpaired) electrons. The van der Waals surface area contributed by atoms with Gasteiger partial charge in [0, 0.05) is 18.9 Å². The van der Waals surface area contributed by atoms with E-state index in [4.69, 9.17) is 9.84 Å². The van der Waals surface area contributed by atoms with Crippen molar-refractivity contribution in [3.05, 3.63) is 24.0 Å². The fraction of sp³-hybridized carbons (Fsp3) is 0.300. The minimum Gasteiger partial charge on any atom is -0.505 e. The normalized spacial score (nSPS) is 10.0. The summed E-state index contributed by atoms with van der Waals surface area (Å²) in [5, 5.41) is 11.4. The first kappa shape index (κ1) is 11.5. The van der Waals surface area contributed by atoms with Gasteiger partial charge in [0.25, 0.3) is 0 Å². The van der Waals surface area contributed by atoms with Crippen LogP contribution in [0.25, 0.3) is 0 Å². The Morgan fingerprint density at radius 2 is 2.33 bits per heavy atom. The van der Waals surface area contributed by atoms with Gasteiger partial charge in [0.1, 0.15) is 0 Å². The van der Waals surface area contributed by atoms with Gasteiger partial charge in [-0.2, -0.15) is 0 Å². The SMILES string of the molecule is COCCC(=O)Nc1ccc(O)c(F)c1. The summed E-state index contributed by atoms with van der Waals surface area (Å²) >= 11 is 0. The molecule has 15 heavy (non-hydrogen) atoms. The van der Waals surface area contributed by atoms with Gasteiger partial charge in [-0.3, -0.25) is 4.79 Å². The smallest absolute Gasteiger partial charge is 0.226 e. The van der Waals surface area contributed by atoms with Crippen molar-refractivity contribution in [1.82, 2.24) is 0 Å². The summed E-state index contributed by atoms with van der Waals surface area (Å²) in [7, 11) is 1.49. The molecule has 2 N–H and O–H groups in total. The second-order valence-electron chi connectivity index (χ2n) is 2.96. The van der Waals surface area contributed by atoms with Gasteiger partial charge in [0.05, 0.1) is 13.0 Å². The fourth-order valence-electron chi connectivity index (χ4n) is 1.00. The predicted octanol–water partition coefficient (Wildman–Crippen LogP) is 1.51. The van der Waals surface area contributed by atoms with E-state index in [1.807, 2.05) is 0 Å². The van der Waals surface area contributed by atoms with Crippen molar-refractivity contribution in [3.8, 4) is 5.75 Å². The maximum absolute atomic E-state index is 12.9. The van der Waals surface area contributed by atoms with Crippen LogP contribution in [-0.4, -0.2) is 24.7 Å². The van der Waals surface area contributed by atoms with Crippen LogP contribution in [0.5, 0.6) is 5.75 Å². The van der Waals surface area contributed by atoms with E-state index in [1.54, 1.807) is 0 Å². The first-order valence-corrected chi connectivity index (χ1v) is 4.41. The number of carbonyl (C=O) groups excluding carboxylic acids is 1. The topological polar surface area (TPSA) is 58.6 Å². The Balaban J connectivity index is 2.57. The average molecular weight is 213 g/mol. The molecule has 82 valence electrons. The molecule has 0 bridgehead atoms. The lowest BCUT2D eigenvalue weighted by atomic mass is 10.3. The van der Waals surface area contributed by atoms with E-state index in [2.05, 4.69) is 5.32 Å². The third kappa shape index (κ3) is 3.55. The molecule has 0 aliphatic heterocycles. The van der Waals surface area contributed by atoms with Crippen molar-refractivity contribution in [2.75, 3.05) is 19.0 Å². The van der Waals surface area contributed by atoms with E-state index >= 15 is 0 Å². The monoisotopic (exact) mass is 213 g/mol. The molecule has 1 amide bonds. The first-order valence-electron chi connectivity index (χ1n) is 4.41. The number of methoxy groups -OCH3 is 1. The molecule has 0 aliphatic carbocycles.